The number of pyridine rings is 2. The molecule has 5 nitrogen and oxygen atoms in total. The Morgan fingerprint density at radius 1 is 1.31 bits per heavy atom. The Hall–Kier alpha value is -2.35. The van der Waals surface area contributed by atoms with Crippen LogP contribution in [0.4, 0.5) is 13.2 Å². The van der Waals surface area contributed by atoms with Gasteiger partial charge in [0, 0.05) is 18.4 Å². The van der Waals surface area contributed by atoms with Crippen molar-refractivity contribution in [1.29, 1.82) is 0 Å². The van der Waals surface area contributed by atoms with E-state index < -0.39 is 12.8 Å². The van der Waals surface area contributed by atoms with Crippen molar-refractivity contribution in [3.05, 3.63) is 52.9 Å². The van der Waals surface area contributed by atoms with Gasteiger partial charge < -0.3 is 9.64 Å². The topological polar surface area (TPSA) is 55.3 Å². The maximum Gasteiger partial charge on any atom is 0.422 e. The lowest BCUT2D eigenvalue weighted by Crippen LogP contribution is -2.33. The number of halogens is 4. The predicted octanol–water partition coefficient (Wildman–Crippen LogP) is 3.88. The number of hydrogen-bond acceptors (Lipinski definition) is 4. The number of rotatable bonds is 6. The fourth-order valence-electron chi connectivity index (χ4n) is 2.38. The number of nitrogens with zero attached hydrogens (tertiary/aromatic N) is 3. The van der Waals surface area contributed by atoms with Crippen molar-refractivity contribution in [2.45, 2.75) is 31.6 Å². The average molecular weight is 386 g/mol. The van der Waals surface area contributed by atoms with E-state index in [1.165, 1.54) is 12.3 Å². The Kier molecular flexibility index (Phi) is 5.31. The molecule has 0 radical (unpaired) electrons. The number of carbonyl (C=O) groups is 1. The first-order chi connectivity index (χ1) is 12.3. The standard InChI is InChI=1S/C17H15ClF3N3O2/c18-14-7-11(8-23-15(14)26-10-17(19,20)21)16(25)24(13-4-5-13)9-12-3-1-2-6-22-12/h1-3,6-8,13H,4-5,9-10H2. The Morgan fingerprint density at radius 3 is 2.65 bits per heavy atom. The van der Waals surface area contributed by atoms with Gasteiger partial charge in [-0.05, 0) is 31.0 Å². The normalized spacial score (nSPS) is 14.2. The maximum atomic E-state index is 12.8. The average Bonchev–Trinajstić information content (AvgIpc) is 3.43. The molecule has 1 aliphatic rings. The Balaban J connectivity index is 1.74. The minimum absolute atomic E-state index is 0.115. The number of alkyl halides is 3. The van der Waals surface area contributed by atoms with Crippen molar-refractivity contribution in [1.82, 2.24) is 14.9 Å². The Morgan fingerprint density at radius 2 is 2.08 bits per heavy atom. The summed E-state index contributed by atoms with van der Waals surface area (Å²) in [6.07, 6.45) is 0.119. The minimum atomic E-state index is -4.50. The van der Waals surface area contributed by atoms with Crippen LogP contribution in [0, 0.1) is 0 Å². The highest BCUT2D eigenvalue weighted by atomic mass is 35.5. The smallest absolute Gasteiger partial charge is 0.422 e. The van der Waals surface area contributed by atoms with E-state index in [1.807, 2.05) is 12.1 Å². The molecule has 138 valence electrons. The van der Waals surface area contributed by atoms with Gasteiger partial charge in [0.1, 0.15) is 5.02 Å². The number of amides is 1. The van der Waals surface area contributed by atoms with Crippen molar-refractivity contribution in [3.8, 4) is 5.88 Å². The molecule has 0 aromatic carbocycles. The van der Waals surface area contributed by atoms with Crippen molar-refractivity contribution in [2.75, 3.05) is 6.61 Å². The van der Waals surface area contributed by atoms with E-state index in [9.17, 15) is 18.0 Å². The second kappa shape index (κ2) is 7.49. The highest BCUT2D eigenvalue weighted by molar-refractivity contribution is 6.32. The summed E-state index contributed by atoms with van der Waals surface area (Å²) >= 11 is 5.92. The van der Waals surface area contributed by atoms with Crippen LogP contribution in [0.3, 0.4) is 0 Å². The highest BCUT2D eigenvalue weighted by Crippen LogP contribution is 2.31. The van der Waals surface area contributed by atoms with Crippen LogP contribution in [-0.2, 0) is 6.54 Å². The first-order valence-corrected chi connectivity index (χ1v) is 8.27. The highest BCUT2D eigenvalue weighted by Gasteiger charge is 2.34. The van der Waals surface area contributed by atoms with Gasteiger partial charge in [-0.1, -0.05) is 17.7 Å². The fourth-order valence-corrected chi connectivity index (χ4v) is 2.60. The molecule has 3 rings (SSSR count). The van der Waals surface area contributed by atoms with Crippen LogP contribution in [-0.4, -0.2) is 39.6 Å². The van der Waals surface area contributed by atoms with Gasteiger partial charge in [-0.25, -0.2) is 4.98 Å². The van der Waals surface area contributed by atoms with Gasteiger partial charge in [-0.3, -0.25) is 9.78 Å². The fraction of sp³-hybridized carbons (Fsp3) is 0.353. The van der Waals surface area contributed by atoms with Crippen LogP contribution in [0.15, 0.2) is 36.7 Å². The monoisotopic (exact) mass is 385 g/mol. The first-order valence-electron chi connectivity index (χ1n) is 7.89. The number of aromatic nitrogens is 2. The lowest BCUT2D eigenvalue weighted by atomic mass is 10.2. The molecule has 0 atom stereocenters. The SMILES string of the molecule is O=C(c1cnc(OCC(F)(F)F)c(Cl)c1)N(Cc1ccccn1)C1CC1. The summed E-state index contributed by atoms with van der Waals surface area (Å²) in [5.74, 6) is -0.654. The van der Waals surface area contributed by atoms with E-state index >= 15 is 0 Å². The van der Waals surface area contributed by atoms with E-state index in [2.05, 4.69) is 14.7 Å². The van der Waals surface area contributed by atoms with Gasteiger partial charge in [0.05, 0.1) is 17.8 Å². The molecule has 1 aliphatic carbocycles. The zero-order valence-electron chi connectivity index (χ0n) is 13.5. The Bertz CT molecular complexity index is 783. The molecule has 0 saturated heterocycles. The summed E-state index contributed by atoms with van der Waals surface area (Å²) in [7, 11) is 0. The molecular weight excluding hydrogens is 371 g/mol. The summed E-state index contributed by atoms with van der Waals surface area (Å²) in [5, 5.41) is -0.145. The summed E-state index contributed by atoms with van der Waals surface area (Å²) in [4.78, 5) is 22.4. The van der Waals surface area contributed by atoms with E-state index in [-0.39, 0.29) is 28.4 Å². The van der Waals surface area contributed by atoms with E-state index in [0.29, 0.717) is 6.54 Å². The molecular formula is C17H15ClF3N3O2. The molecule has 0 spiro atoms. The van der Waals surface area contributed by atoms with Crippen LogP contribution in [0.5, 0.6) is 5.88 Å². The third-order valence-electron chi connectivity index (χ3n) is 3.73. The molecule has 0 bridgehead atoms. The van der Waals surface area contributed by atoms with Gasteiger partial charge in [0.2, 0.25) is 5.88 Å². The second-order valence-corrected chi connectivity index (χ2v) is 6.31. The zero-order valence-corrected chi connectivity index (χ0v) is 14.3. The van der Waals surface area contributed by atoms with Crippen LogP contribution in [0.1, 0.15) is 28.9 Å². The van der Waals surface area contributed by atoms with Gasteiger partial charge in [-0.15, -0.1) is 0 Å². The molecule has 1 saturated carbocycles. The van der Waals surface area contributed by atoms with Crippen LogP contribution >= 0.6 is 11.6 Å². The zero-order chi connectivity index (χ0) is 18.7. The summed E-state index contributed by atoms with van der Waals surface area (Å²) in [5.41, 5.74) is 0.939. The van der Waals surface area contributed by atoms with Crippen molar-refractivity contribution < 1.29 is 22.7 Å². The molecule has 1 amide bonds. The van der Waals surface area contributed by atoms with Crippen molar-refractivity contribution >= 4 is 17.5 Å². The number of hydrogen-bond donors (Lipinski definition) is 0. The minimum Gasteiger partial charge on any atom is -0.467 e. The third kappa shape index (κ3) is 4.85. The maximum absolute atomic E-state index is 12.8. The lowest BCUT2D eigenvalue weighted by Gasteiger charge is -2.22. The summed E-state index contributed by atoms with van der Waals surface area (Å²) in [6.45, 7) is -1.16. The largest absolute Gasteiger partial charge is 0.467 e. The lowest BCUT2D eigenvalue weighted by molar-refractivity contribution is -0.154. The van der Waals surface area contributed by atoms with Crippen LogP contribution in [0.25, 0.3) is 0 Å². The second-order valence-electron chi connectivity index (χ2n) is 5.90. The molecule has 0 aliphatic heterocycles. The van der Waals surface area contributed by atoms with Crippen LogP contribution in [0.2, 0.25) is 5.02 Å². The van der Waals surface area contributed by atoms with Gasteiger partial charge in [0.15, 0.2) is 6.61 Å². The van der Waals surface area contributed by atoms with E-state index in [4.69, 9.17) is 11.6 Å². The van der Waals surface area contributed by atoms with E-state index in [1.54, 1.807) is 17.2 Å². The summed E-state index contributed by atoms with van der Waals surface area (Å²) in [6, 6.07) is 6.84. The molecule has 1 fully saturated rings. The number of ether oxygens (including phenoxy) is 1. The predicted molar refractivity (Wildman–Crippen MR) is 87.9 cm³/mol. The van der Waals surface area contributed by atoms with Gasteiger partial charge in [0.25, 0.3) is 5.91 Å². The molecule has 2 heterocycles. The summed E-state index contributed by atoms with van der Waals surface area (Å²) < 4.78 is 41.2. The molecule has 2 aromatic heterocycles. The van der Waals surface area contributed by atoms with Crippen LogP contribution < -0.4 is 4.74 Å². The third-order valence-corrected chi connectivity index (χ3v) is 4.00. The van der Waals surface area contributed by atoms with Gasteiger partial charge >= 0.3 is 6.18 Å². The van der Waals surface area contributed by atoms with Crippen molar-refractivity contribution in [3.63, 3.8) is 0 Å². The van der Waals surface area contributed by atoms with Gasteiger partial charge in [-0.2, -0.15) is 13.2 Å². The van der Waals surface area contributed by atoms with Crippen molar-refractivity contribution in [2.24, 2.45) is 0 Å². The number of carbonyl (C=O) groups excluding carboxylic acids is 1. The van der Waals surface area contributed by atoms with E-state index in [0.717, 1.165) is 18.5 Å². The first kappa shape index (κ1) is 18.4. The quantitative estimate of drug-likeness (QED) is 0.757. The molecule has 0 unspecified atom stereocenters. The molecule has 0 N–H and O–H groups in total. The molecule has 2 aromatic rings. The molecule has 9 heteroatoms. The molecule has 26 heavy (non-hydrogen) atoms. The Labute approximate surface area is 152 Å².